The van der Waals surface area contributed by atoms with Crippen LogP contribution >= 0.6 is 0 Å². The number of hydrogen-bond donors (Lipinski definition) is 3. The zero-order chi connectivity index (χ0) is 26.2. The molecule has 10 nitrogen and oxygen atoms in total. The van der Waals surface area contributed by atoms with Crippen molar-refractivity contribution in [2.75, 3.05) is 18.4 Å². The van der Waals surface area contributed by atoms with Gasteiger partial charge in [0.15, 0.2) is 5.82 Å². The number of non-ortho nitro benzene ring substituents is 1. The summed E-state index contributed by atoms with van der Waals surface area (Å²) in [5, 5.41) is 19.0. The van der Waals surface area contributed by atoms with Crippen LogP contribution in [0.25, 0.3) is 21.8 Å². The van der Waals surface area contributed by atoms with Crippen LogP contribution < -0.4 is 10.6 Å². The highest BCUT2D eigenvalue weighted by Gasteiger charge is 2.30. The average molecular weight is 513 g/mol. The Labute approximate surface area is 218 Å². The summed E-state index contributed by atoms with van der Waals surface area (Å²) in [6, 6.07) is 14.3. The molecule has 38 heavy (non-hydrogen) atoms. The lowest BCUT2D eigenvalue weighted by Crippen LogP contribution is -2.44. The summed E-state index contributed by atoms with van der Waals surface area (Å²) >= 11 is 0. The van der Waals surface area contributed by atoms with Gasteiger partial charge in [0, 0.05) is 71.8 Å². The number of benzene rings is 2. The predicted molar refractivity (Wildman–Crippen MR) is 144 cm³/mol. The Morgan fingerprint density at radius 1 is 1.05 bits per heavy atom. The van der Waals surface area contributed by atoms with Crippen molar-refractivity contribution < 1.29 is 14.5 Å². The first kappa shape index (κ1) is 24.1. The summed E-state index contributed by atoms with van der Waals surface area (Å²) in [5.41, 5.74) is 3.16. The zero-order valence-electron chi connectivity index (χ0n) is 20.8. The topological polar surface area (TPSA) is 133 Å². The minimum atomic E-state index is -0.374. The van der Waals surface area contributed by atoms with Crippen molar-refractivity contribution in [2.45, 2.75) is 38.3 Å². The zero-order valence-corrected chi connectivity index (χ0v) is 20.8. The lowest BCUT2D eigenvalue weighted by Gasteiger charge is -2.32. The van der Waals surface area contributed by atoms with E-state index in [4.69, 9.17) is 0 Å². The van der Waals surface area contributed by atoms with Gasteiger partial charge in [-0.05, 0) is 49.4 Å². The number of hydrogen-bond acceptors (Lipinski definition) is 6. The van der Waals surface area contributed by atoms with Crippen molar-refractivity contribution in [3.8, 4) is 0 Å². The van der Waals surface area contributed by atoms with Gasteiger partial charge in [0.1, 0.15) is 0 Å². The number of rotatable bonds is 7. The number of anilines is 1. The minimum absolute atomic E-state index is 0.000136. The molecule has 2 amide bonds. The van der Waals surface area contributed by atoms with E-state index in [2.05, 4.69) is 25.5 Å². The molecule has 1 saturated heterocycles. The highest BCUT2D eigenvalue weighted by molar-refractivity contribution is 6.13. The molecule has 10 heteroatoms. The summed E-state index contributed by atoms with van der Waals surface area (Å²) in [7, 11) is 0. The van der Waals surface area contributed by atoms with Gasteiger partial charge < -0.3 is 15.6 Å². The first-order valence-corrected chi connectivity index (χ1v) is 12.9. The Balaban J connectivity index is 1.10. The number of carbonyl (C=O) groups excluding carboxylic acids is 2. The normalized spacial score (nSPS) is 16.5. The molecule has 4 aromatic rings. The molecular weight excluding hydrogens is 484 g/mol. The number of nitrogens with one attached hydrogen (secondary N) is 3. The van der Waals surface area contributed by atoms with Gasteiger partial charge in [0.2, 0.25) is 5.91 Å². The van der Waals surface area contributed by atoms with E-state index in [9.17, 15) is 19.7 Å². The number of carbonyl (C=O) groups is 2. The maximum Gasteiger partial charge on any atom is 0.269 e. The fraction of sp³-hybridized carbons (Fsp3) is 0.321. The quantitative estimate of drug-likeness (QED) is 0.249. The number of nitro benzene ring substituents is 1. The first-order chi connectivity index (χ1) is 18.4. The lowest BCUT2D eigenvalue weighted by atomic mass is 10.0. The van der Waals surface area contributed by atoms with E-state index < -0.39 is 0 Å². The van der Waals surface area contributed by atoms with Crippen LogP contribution in [0.3, 0.4) is 0 Å². The van der Waals surface area contributed by atoms with E-state index in [0.29, 0.717) is 17.9 Å². The smallest absolute Gasteiger partial charge is 0.269 e. The van der Waals surface area contributed by atoms with Crippen LogP contribution in [0.2, 0.25) is 0 Å². The van der Waals surface area contributed by atoms with Crippen LogP contribution in [-0.4, -0.2) is 50.7 Å². The number of likely N-dealkylation sites (tertiary alicyclic amines) is 1. The largest absolute Gasteiger partial charge is 0.351 e. The second-order valence-electron chi connectivity index (χ2n) is 10.2. The van der Waals surface area contributed by atoms with Crippen molar-refractivity contribution in [1.29, 1.82) is 0 Å². The second-order valence-corrected chi connectivity index (χ2v) is 10.2. The van der Waals surface area contributed by atoms with Gasteiger partial charge in [-0.1, -0.05) is 18.2 Å². The van der Waals surface area contributed by atoms with Crippen molar-refractivity contribution >= 4 is 45.1 Å². The van der Waals surface area contributed by atoms with Gasteiger partial charge in [-0.2, -0.15) is 0 Å². The molecule has 2 aromatic heterocycles. The van der Waals surface area contributed by atoms with E-state index in [-0.39, 0.29) is 34.4 Å². The van der Waals surface area contributed by atoms with Gasteiger partial charge in [0.05, 0.1) is 10.4 Å². The van der Waals surface area contributed by atoms with E-state index in [1.807, 2.05) is 30.3 Å². The van der Waals surface area contributed by atoms with Crippen LogP contribution in [-0.2, 0) is 11.3 Å². The molecule has 0 bridgehead atoms. The molecule has 6 rings (SSSR count). The third kappa shape index (κ3) is 4.95. The highest BCUT2D eigenvalue weighted by atomic mass is 16.6. The van der Waals surface area contributed by atoms with E-state index in [1.165, 1.54) is 6.07 Å². The number of aromatic amines is 1. The van der Waals surface area contributed by atoms with Gasteiger partial charge in [-0.3, -0.25) is 24.6 Å². The Bertz CT molecular complexity index is 1550. The van der Waals surface area contributed by atoms with Gasteiger partial charge >= 0.3 is 0 Å². The van der Waals surface area contributed by atoms with Crippen molar-refractivity contribution in [3.05, 3.63) is 76.0 Å². The van der Waals surface area contributed by atoms with Gasteiger partial charge in [0.25, 0.3) is 11.6 Å². The molecule has 0 radical (unpaired) electrons. The number of pyridine rings is 1. The maximum atomic E-state index is 13.1. The molecule has 1 aliphatic carbocycles. The number of piperidine rings is 1. The molecule has 0 unspecified atom stereocenters. The standard InChI is InChI=1S/C28H28N6O4/c35-27(18-4-5-18)32-26-25-23(8-11-29-26)22-7-6-19(15-24(22)31-25)28(36)30-20-9-12-33(13-10-20)16-17-2-1-3-21(14-17)34(37)38/h1-3,6-8,11,14-15,18,20,31H,4-5,9-10,12-13,16H2,(H,30,36)(H,29,32,35). The van der Waals surface area contributed by atoms with Crippen molar-refractivity contribution in [1.82, 2.24) is 20.2 Å². The molecule has 2 aliphatic rings. The number of nitro groups is 1. The number of H-pyrrole nitrogens is 1. The van der Waals surface area contributed by atoms with Crippen LogP contribution in [0.1, 0.15) is 41.6 Å². The summed E-state index contributed by atoms with van der Waals surface area (Å²) in [6.45, 7) is 2.26. The third-order valence-electron chi connectivity index (χ3n) is 7.42. The van der Waals surface area contributed by atoms with Crippen LogP contribution in [0, 0.1) is 16.0 Å². The van der Waals surface area contributed by atoms with Crippen LogP contribution in [0.4, 0.5) is 11.5 Å². The average Bonchev–Trinajstić information content (AvgIpc) is 3.71. The van der Waals surface area contributed by atoms with Gasteiger partial charge in [-0.25, -0.2) is 4.98 Å². The summed E-state index contributed by atoms with van der Waals surface area (Å²) in [4.78, 5) is 46.0. The Kier molecular flexibility index (Phi) is 6.24. The van der Waals surface area contributed by atoms with Gasteiger partial charge in [-0.15, -0.1) is 0 Å². The summed E-state index contributed by atoms with van der Waals surface area (Å²) in [5.74, 6) is 0.472. The number of amides is 2. The Morgan fingerprint density at radius 2 is 1.87 bits per heavy atom. The second kappa shape index (κ2) is 9.86. The maximum absolute atomic E-state index is 13.1. The fourth-order valence-electron chi connectivity index (χ4n) is 5.16. The SMILES string of the molecule is O=C(NC1CCN(Cc2cccc([N+](=O)[O-])c2)CC1)c1ccc2c(c1)[nH]c1c(NC(=O)C3CC3)nccc12. The monoisotopic (exact) mass is 512 g/mol. The third-order valence-corrected chi connectivity index (χ3v) is 7.42. The number of aromatic nitrogens is 2. The number of fused-ring (bicyclic) bond motifs is 3. The lowest BCUT2D eigenvalue weighted by molar-refractivity contribution is -0.384. The Morgan fingerprint density at radius 3 is 2.63 bits per heavy atom. The molecule has 1 aliphatic heterocycles. The first-order valence-electron chi connectivity index (χ1n) is 12.9. The van der Waals surface area contributed by atoms with Crippen LogP contribution in [0.15, 0.2) is 54.7 Å². The highest BCUT2D eigenvalue weighted by Crippen LogP contribution is 2.33. The summed E-state index contributed by atoms with van der Waals surface area (Å²) < 4.78 is 0. The molecule has 0 spiro atoms. The molecule has 3 N–H and O–H groups in total. The number of nitrogens with zero attached hydrogens (tertiary/aromatic N) is 3. The predicted octanol–water partition coefficient (Wildman–Crippen LogP) is 4.37. The Hall–Kier alpha value is -4.31. The molecular formula is C28H28N6O4. The van der Waals surface area contributed by atoms with Crippen molar-refractivity contribution in [3.63, 3.8) is 0 Å². The molecule has 194 valence electrons. The van der Waals surface area contributed by atoms with E-state index in [1.54, 1.807) is 18.3 Å². The fourth-order valence-corrected chi connectivity index (χ4v) is 5.16. The van der Waals surface area contributed by atoms with E-state index in [0.717, 1.165) is 66.1 Å². The van der Waals surface area contributed by atoms with Crippen molar-refractivity contribution in [2.24, 2.45) is 5.92 Å². The molecule has 2 aromatic carbocycles. The minimum Gasteiger partial charge on any atom is -0.351 e. The summed E-state index contributed by atoms with van der Waals surface area (Å²) in [6.07, 6.45) is 5.15. The molecule has 0 atom stereocenters. The van der Waals surface area contributed by atoms with E-state index >= 15 is 0 Å². The van der Waals surface area contributed by atoms with Crippen LogP contribution in [0.5, 0.6) is 0 Å². The molecule has 2 fully saturated rings. The molecule has 3 heterocycles. The molecule has 1 saturated carbocycles.